The third-order valence-corrected chi connectivity index (χ3v) is 2.91. The number of hydrogen-bond acceptors (Lipinski definition) is 2. The van der Waals surface area contributed by atoms with E-state index in [1.807, 2.05) is 0 Å². The summed E-state index contributed by atoms with van der Waals surface area (Å²) in [7, 11) is 1.35. The maximum Gasteiger partial charge on any atom is 0.165 e. The van der Waals surface area contributed by atoms with Gasteiger partial charge in [0.1, 0.15) is 11.9 Å². The van der Waals surface area contributed by atoms with Gasteiger partial charge in [0.15, 0.2) is 11.6 Å². The first-order chi connectivity index (χ1) is 9.01. The van der Waals surface area contributed by atoms with Gasteiger partial charge in [0.2, 0.25) is 0 Å². The molecule has 0 spiro atoms. The Labute approximate surface area is 114 Å². The van der Waals surface area contributed by atoms with E-state index < -0.39 is 17.7 Å². The van der Waals surface area contributed by atoms with Gasteiger partial charge in [0, 0.05) is 5.02 Å². The number of methoxy groups -OCH3 is 1. The zero-order valence-corrected chi connectivity index (χ0v) is 10.8. The molecule has 0 amide bonds. The van der Waals surface area contributed by atoms with Crippen molar-refractivity contribution < 1.29 is 18.6 Å². The summed E-state index contributed by atoms with van der Waals surface area (Å²) in [5.41, 5.74) is 0.550. The lowest BCUT2D eigenvalue weighted by molar-refractivity contribution is 0.219. The SMILES string of the molecule is COc1ccc(C(O)c2cc(F)cc(Cl)c2)cc1F. The van der Waals surface area contributed by atoms with Crippen LogP contribution in [0.1, 0.15) is 17.2 Å². The number of halogens is 3. The second kappa shape index (κ2) is 5.55. The van der Waals surface area contributed by atoms with E-state index >= 15 is 0 Å². The van der Waals surface area contributed by atoms with E-state index in [1.54, 1.807) is 0 Å². The molecule has 19 heavy (non-hydrogen) atoms. The molecule has 1 atom stereocenters. The van der Waals surface area contributed by atoms with Crippen LogP contribution in [0.2, 0.25) is 5.02 Å². The maximum absolute atomic E-state index is 13.5. The average Bonchev–Trinajstić information content (AvgIpc) is 2.36. The smallest absolute Gasteiger partial charge is 0.165 e. The molecule has 0 fully saturated rings. The van der Waals surface area contributed by atoms with Crippen molar-refractivity contribution in [2.75, 3.05) is 7.11 Å². The van der Waals surface area contributed by atoms with Crippen LogP contribution in [0.5, 0.6) is 5.75 Å². The van der Waals surface area contributed by atoms with Gasteiger partial charge in [-0.2, -0.15) is 0 Å². The molecule has 1 unspecified atom stereocenters. The first kappa shape index (κ1) is 13.8. The Morgan fingerprint density at radius 1 is 1.11 bits per heavy atom. The fourth-order valence-electron chi connectivity index (χ4n) is 1.78. The summed E-state index contributed by atoms with van der Waals surface area (Å²) in [6.45, 7) is 0. The molecule has 0 bridgehead atoms. The van der Waals surface area contributed by atoms with Crippen LogP contribution >= 0.6 is 11.6 Å². The largest absolute Gasteiger partial charge is 0.494 e. The highest BCUT2D eigenvalue weighted by Gasteiger charge is 2.14. The standard InChI is InChI=1S/C14H11ClF2O2/c1-19-13-3-2-8(6-12(13)17)14(18)9-4-10(15)7-11(16)5-9/h2-7,14,18H,1H3. The van der Waals surface area contributed by atoms with Crippen molar-refractivity contribution in [1.29, 1.82) is 0 Å². The molecule has 1 N–H and O–H groups in total. The summed E-state index contributed by atoms with van der Waals surface area (Å²) in [5, 5.41) is 10.3. The molecule has 5 heteroatoms. The van der Waals surface area contributed by atoms with E-state index in [9.17, 15) is 13.9 Å². The molecule has 0 heterocycles. The monoisotopic (exact) mass is 284 g/mol. The van der Waals surface area contributed by atoms with Crippen LogP contribution in [-0.2, 0) is 0 Å². The van der Waals surface area contributed by atoms with Crippen LogP contribution < -0.4 is 4.74 Å². The van der Waals surface area contributed by atoms with Crippen molar-refractivity contribution in [2.24, 2.45) is 0 Å². The minimum absolute atomic E-state index is 0.0771. The summed E-state index contributed by atoms with van der Waals surface area (Å²) in [5.74, 6) is -1.08. The molecule has 2 aromatic carbocycles. The normalized spacial score (nSPS) is 12.3. The third kappa shape index (κ3) is 3.03. The molecule has 2 nitrogen and oxygen atoms in total. The highest BCUT2D eigenvalue weighted by Crippen LogP contribution is 2.28. The Balaban J connectivity index is 2.38. The van der Waals surface area contributed by atoms with Crippen LogP contribution in [0, 0.1) is 11.6 Å². The zero-order chi connectivity index (χ0) is 14.0. The molecule has 100 valence electrons. The lowest BCUT2D eigenvalue weighted by atomic mass is 10.0. The lowest BCUT2D eigenvalue weighted by Crippen LogP contribution is -2.01. The zero-order valence-electron chi connectivity index (χ0n) is 10.0. The van der Waals surface area contributed by atoms with Crippen LogP contribution in [0.25, 0.3) is 0 Å². The van der Waals surface area contributed by atoms with Gasteiger partial charge in [-0.25, -0.2) is 8.78 Å². The van der Waals surface area contributed by atoms with Crippen molar-refractivity contribution in [2.45, 2.75) is 6.10 Å². The number of benzene rings is 2. The van der Waals surface area contributed by atoms with Gasteiger partial charge in [-0.05, 0) is 41.5 Å². The van der Waals surface area contributed by atoms with E-state index in [0.717, 1.165) is 18.2 Å². The molecule has 0 aliphatic heterocycles. The number of rotatable bonds is 3. The van der Waals surface area contributed by atoms with Gasteiger partial charge < -0.3 is 9.84 Å². The van der Waals surface area contributed by atoms with Crippen LogP contribution in [0.4, 0.5) is 8.78 Å². The number of ether oxygens (including phenoxy) is 1. The Morgan fingerprint density at radius 3 is 2.42 bits per heavy atom. The molecule has 0 aliphatic rings. The third-order valence-electron chi connectivity index (χ3n) is 2.69. The molecule has 0 saturated carbocycles. The van der Waals surface area contributed by atoms with Crippen LogP contribution in [0.15, 0.2) is 36.4 Å². The van der Waals surface area contributed by atoms with E-state index in [2.05, 4.69) is 0 Å². The van der Waals surface area contributed by atoms with Crippen molar-refractivity contribution in [3.63, 3.8) is 0 Å². The van der Waals surface area contributed by atoms with Gasteiger partial charge in [-0.1, -0.05) is 17.7 Å². The van der Waals surface area contributed by atoms with E-state index in [-0.39, 0.29) is 16.3 Å². The fraction of sp³-hybridized carbons (Fsp3) is 0.143. The molecule has 0 saturated heterocycles. The summed E-state index contributed by atoms with van der Waals surface area (Å²) in [6.07, 6.45) is -1.16. The van der Waals surface area contributed by atoms with Crippen molar-refractivity contribution in [3.05, 3.63) is 64.2 Å². The Bertz CT molecular complexity index is 582. The number of aliphatic hydroxyl groups is 1. The topological polar surface area (TPSA) is 29.5 Å². The lowest BCUT2D eigenvalue weighted by Gasteiger charge is -2.13. The second-order valence-corrected chi connectivity index (χ2v) is 4.44. The average molecular weight is 285 g/mol. The summed E-state index contributed by atoms with van der Waals surface area (Å²) in [6, 6.07) is 7.75. The summed E-state index contributed by atoms with van der Waals surface area (Å²) < 4.78 is 31.5. The molecular weight excluding hydrogens is 274 g/mol. The minimum Gasteiger partial charge on any atom is -0.494 e. The molecular formula is C14H11ClF2O2. The van der Waals surface area contributed by atoms with Crippen molar-refractivity contribution in [1.82, 2.24) is 0 Å². The van der Waals surface area contributed by atoms with E-state index in [0.29, 0.717) is 5.56 Å². The van der Waals surface area contributed by atoms with Crippen LogP contribution in [0.3, 0.4) is 0 Å². The quantitative estimate of drug-likeness (QED) is 0.931. The molecule has 0 aliphatic carbocycles. The van der Waals surface area contributed by atoms with Gasteiger partial charge >= 0.3 is 0 Å². The van der Waals surface area contributed by atoms with E-state index in [4.69, 9.17) is 16.3 Å². The van der Waals surface area contributed by atoms with E-state index in [1.165, 1.54) is 25.3 Å². The van der Waals surface area contributed by atoms with Gasteiger partial charge in [0.05, 0.1) is 7.11 Å². The highest BCUT2D eigenvalue weighted by molar-refractivity contribution is 6.30. The first-order valence-corrected chi connectivity index (χ1v) is 5.86. The minimum atomic E-state index is -1.16. The highest BCUT2D eigenvalue weighted by atomic mass is 35.5. The molecule has 0 radical (unpaired) electrons. The van der Waals surface area contributed by atoms with Gasteiger partial charge in [-0.15, -0.1) is 0 Å². The van der Waals surface area contributed by atoms with Gasteiger partial charge in [-0.3, -0.25) is 0 Å². The second-order valence-electron chi connectivity index (χ2n) is 4.00. The fourth-order valence-corrected chi connectivity index (χ4v) is 2.01. The van der Waals surface area contributed by atoms with Crippen LogP contribution in [-0.4, -0.2) is 12.2 Å². The first-order valence-electron chi connectivity index (χ1n) is 5.48. The Morgan fingerprint density at radius 2 is 1.84 bits per heavy atom. The predicted octanol–water partition coefficient (Wildman–Crippen LogP) is 3.71. The van der Waals surface area contributed by atoms with Crippen molar-refractivity contribution in [3.8, 4) is 5.75 Å². The number of aliphatic hydroxyl groups excluding tert-OH is 1. The van der Waals surface area contributed by atoms with Gasteiger partial charge in [0.25, 0.3) is 0 Å². The summed E-state index contributed by atoms with van der Waals surface area (Å²) in [4.78, 5) is 0. The molecule has 2 aromatic rings. The Hall–Kier alpha value is -1.65. The van der Waals surface area contributed by atoms with Crippen molar-refractivity contribution >= 4 is 11.6 Å². The summed E-state index contributed by atoms with van der Waals surface area (Å²) >= 11 is 5.72. The predicted molar refractivity (Wildman–Crippen MR) is 68.4 cm³/mol. The molecule has 0 aromatic heterocycles. The Kier molecular flexibility index (Phi) is 4.02. The molecule has 2 rings (SSSR count). The number of hydrogen-bond donors (Lipinski definition) is 1. The maximum atomic E-state index is 13.5.